The van der Waals surface area contributed by atoms with Crippen LogP contribution in [0.3, 0.4) is 0 Å². The fourth-order valence-electron chi connectivity index (χ4n) is 6.31. The maximum atomic E-state index is 15.1. The van der Waals surface area contributed by atoms with Crippen LogP contribution in [0.4, 0.5) is 33.3 Å². The number of anilines is 2. The fourth-order valence-corrected chi connectivity index (χ4v) is 8.07. The molecular weight excluding hydrogens is 605 g/mol. The van der Waals surface area contributed by atoms with Crippen molar-refractivity contribution in [1.82, 2.24) is 19.9 Å². The van der Waals surface area contributed by atoms with Gasteiger partial charge in [0.15, 0.2) is 10.8 Å². The Morgan fingerprint density at radius 3 is 2.40 bits per heavy atom. The predicted octanol–water partition coefficient (Wildman–Crippen LogP) is 5.03. The number of benzene rings is 1. The third-order valence-corrected chi connectivity index (χ3v) is 11.0. The monoisotopic (exact) mass is 631 g/mol. The lowest BCUT2D eigenvalue weighted by Gasteiger charge is -2.28. The first-order valence-corrected chi connectivity index (χ1v) is 15.5. The van der Waals surface area contributed by atoms with Gasteiger partial charge in [0, 0.05) is 24.8 Å². The zero-order chi connectivity index (χ0) is 30.5. The highest BCUT2D eigenvalue weighted by atomic mass is 35.5. The summed E-state index contributed by atoms with van der Waals surface area (Å²) in [6, 6.07) is 7.07. The molecule has 0 spiro atoms. The lowest BCUT2D eigenvalue weighted by molar-refractivity contribution is -0.181. The standard InChI is InChI=1S/C27H27ClF5N5O3S/c1-24(27(31,32)33)14-37(18-13-34-20-11-19(28)36-38(20)22(18)24)17-5-3-16(4-6-17)21-25(2,26(21,29)30)23(39)35-12-15-7-9-42(40,41)10-8-15/h3-6,11,13,15,21H,7-10,12,14H2,1-2H3,(H,35,39)/t21-,24-,25+/m1/s1. The van der Waals surface area contributed by atoms with Crippen molar-refractivity contribution in [2.45, 2.75) is 50.1 Å². The van der Waals surface area contributed by atoms with E-state index in [9.17, 15) is 26.4 Å². The van der Waals surface area contributed by atoms with Crippen LogP contribution in [-0.4, -0.2) is 65.6 Å². The molecule has 226 valence electrons. The number of halogens is 6. The zero-order valence-electron chi connectivity index (χ0n) is 22.6. The smallest absolute Gasteiger partial charge is 0.355 e. The van der Waals surface area contributed by atoms with Crippen LogP contribution in [-0.2, 0) is 20.0 Å². The minimum absolute atomic E-state index is 0.00707. The minimum atomic E-state index is -4.65. The van der Waals surface area contributed by atoms with Crippen molar-refractivity contribution in [1.29, 1.82) is 0 Å². The molecular formula is C27H27ClF5N5O3S. The van der Waals surface area contributed by atoms with Gasteiger partial charge in [-0.2, -0.15) is 18.3 Å². The molecule has 1 N–H and O–H groups in total. The molecule has 1 saturated carbocycles. The molecule has 1 saturated heterocycles. The molecule has 8 nitrogen and oxygen atoms in total. The van der Waals surface area contributed by atoms with E-state index in [2.05, 4.69) is 15.4 Å². The van der Waals surface area contributed by atoms with Gasteiger partial charge in [-0.3, -0.25) is 4.79 Å². The second-order valence-corrected chi connectivity index (χ2v) is 14.5. The van der Waals surface area contributed by atoms with Gasteiger partial charge in [0.05, 0.1) is 35.0 Å². The molecule has 2 fully saturated rings. The molecule has 3 aromatic rings. The van der Waals surface area contributed by atoms with E-state index in [1.807, 2.05) is 0 Å². The number of nitrogens with zero attached hydrogens (tertiary/aromatic N) is 4. The lowest BCUT2D eigenvalue weighted by atomic mass is 9.87. The second kappa shape index (κ2) is 9.25. The summed E-state index contributed by atoms with van der Waals surface area (Å²) in [5, 5.41) is 6.60. The van der Waals surface area contributed by atoms with Crippen LogP contribution in [0.2, 0.25) is 5.15 Å². The molecule has 0 bridgehead atoms. The van der Waals surface area contributed by atoms with Crippen LogP contribution in [0.1, 0.15) is 43.9 Å². The lowest BCUT2D eigenvalue weighted by Crippen LogP contribution is -2.43. The summed E-state index contributed by atoms with van der Waals surface area (Å²) in [6.07, 6.45) is -2.61. The number of amides is 1. The van der Waals surface area contributed by atoms with E-state index in [4.69, 9.17) is 11.6 Å². The van der Waals surface area contributed by atoms with Crippen molar-refractivity contribution in [3.8, 4) is 0 Å². The average Bonchev–Trinajstić information content (AvgIpc) is 3.18. The maximum Gasteiger partial charge on any atom is 0.401 e. The largest absolute Gasteiger partial charge is 0.401 e. The molecule has 42 heavy (non-hydrogen) atoms. The van der Waals surface area contributed by atoms with Gasteiger partial charge < -0.3 is 10.2 Å². The summed E-state index contributed by atoms with van der Waals surface area (Å²) >= 11 is 5.96. The van der Waals surface area contributed by atoms with E-state index >= 15 is 8.78 Å². The number of fused-ring (bicyclic) bond motifs is 3. The normalized spacial score (nSPS) is 28.6. The first kappa shape index (κ1) is 29.1. The second-order valence-electron chi connectivity index (χ2n) is 11.8. The number of carbonyl (C=O) groups excluding carboxylic acids is 1. The highest BCUT2D eigenvalue weighted by molar-refractivity contribution is 7.91. The highest BCUT2D eigenvalue weighted by Gasteiger charge is 2.82. The van der Waals surface area contributed by atoms with Crippen molar-refractivity contribution in [3.05, 3.63) is 52.9 Å². The first-order chi connectivity index (χ1) is 19.5. The van der Waals surface area contributed by atoms with Crippen LogP contribution in [0.15, 0.2) is 36.5 Å². The SMILES string of the molecule is C[C@@]1(C(F)(F)F)CN(c2ccc([C@H]3C(F)(F)[C@]3(C)C(=O)NCC3CCS(=O)(=O)CC3)cc2)c2cnc3cc(Cl)nn3c21. The van der Waals surface area contributed by atoms with Crippen LogP contribution >= 0.6 is 11.6 Å². The van der Waals surface area contributed by atoms with Crippen LogP contribution in [0.25, 0.3) is 5.65 Å². The van der Waals surface area contributed by atoms with Gasteiger partial charge in [-0.15, -0.1) is 0 Å². The molecule has 1 amide bonds. The van der Waals surface area contributed by atoms with Gasteiger partial charge in [0.2, 0.25) is 5.91 Å². The number of alkyl halides is 5. The number of hydrogen-bond acceptors (Lipinski definition) is 6. The zero-order valence-corrected chi connectivity index (χ0v) is 24.1. The molecule has 6 rings (SSSR count). The quantitative estimate of drug-likeness (QED) is 0.397. The van der Waals surface area contributed by atoms with Gasteiger partial charge in [-0.25, -0.2) is 26.7 Å². The van der Waals surface area contributed by atoms with Gasteiger partial charge in [0.1, 0.15) is 20.7 Å². The van der Waals surface area contributed by atoms with E-state index in [1.54, 1.807) is 0 Å². The van der Waals surface area contributed by atoms with Gasteiger partial charge in [0.25, 0.3) is 5.92 Å². The summed E-state index contributed by atoms with van der Waals surface area (Å²) in [5.41, 5.74) is -3.66. The van der Waals surface area contributed by atoms with E-state index < -0.39 is 51.1 Å². The van der Waals surface area contributed by atoms with Crippen molar-refractivity contribution in [3.63, 3.8) is 0 Å². The van der Waals surface area contributed by atoms with Crippen LogP contribution < -0.4 is 10.2 Å². The number of rotatable bonds is 5. The number of carbonyl (C=O) groups is 1. The highest BCUT2D eigenvalue weighted by Crippen LogP contribution is 2.71. The molecule has 3 atom stereocenters. The van der Waals surface area contributed by atoms with Gasteiger partial charge in [-0.1, -0.05) is 23.7 Å². The van der Waals surface area contributed by atoms with Gasteiger partial charge >= 0.3 is 6.18 Å². The summed E-state index contributed by atoms with van der Waals surface area (Å²) in [4.78, 5) is 18.6. The molecule has 0 radical (unpaired) electrons. The molecule has 15 heteroatoms. The third kappa shape index (κ3) is 4.27. The number of hydrogen-bond donors (Lipinski definition) is 1. The number of aromatic nitrogens is 3. The van der Waals surface area contributed by atoms with E-state index in [1.165, 1.54) is 48.4 Å². The van der Waals surface area contributed by atoms with E-state index in [0.717, 1.165) is 11.4 Å². The Bertz CT molecular complexity index is 1680. The summed E-state index contributed by atoms with van der Waals surface area (Å²) < 4.78 is 97.9. The van der Waals surface area contributed by atoms with Crippen LogP contribution in [0, 0.1) is 11.3 Å². The summed E-state index contributed by atoms with van der Waals surface area (Å²) in [7, 11) is -3.09. The van der Waals surface area contributed by atoms with Gasteiger partial charge in [-0.05, 0) is 50.3 Å². The van der Waals surface area contributed by atoms with E-state index in [-0.39, 0.29) is 51.7 Å². The summed E-state index contributed by atoms with van der Waals surface area (Å²) in [6.45, 7) is 1.87. The van der Waals surface area contributed by atoms with Crippen molar-refractivity contribution < 1.29 is 35.2 Å². The molecule has 2 aliphatic heterocycles. The third-order valence-electron chi connectivity index (χ3n) is 9.13. The average molecular weight is 632 g/mol. The Kier molecular flexibility index (Phi) is 6.41. The Hall–Kier alpha value is -3.00. The molecule has 4 heterocycles. The Balaban J connectivity index is 1.24. The minimum Gasteiger partial charge on any atom is -0.355 e. The first-order valence-electron chi connectivity index (χ1n) is 13.4. The Morgan fingerprint density at radius 1 is 1.14 bits per heavy atom. The maximum absolute atomic E-state index is 15.1. The summed E-state index contributed by atoms with van der Waals surface area (Å²) in [5.74, 6) is -5.68. The topological polar surface area (TPSA) is 96.7 Å². The van der Waals surface area contributed by atoms with Crippen LogP contribution in [0.5, 0.6) is 0 Å². The number of sulfone groups is 1. The molecule has 1 aliphatic carbocycles. The molecule has 0 unspecified atom stereocenters. The Morgan fingerprint density at radius 2 is 1.79 bits per heavy atom. The number of nitrogens with one attached hydrogen (secondary N) is 1. The Labute approximate surface area is 243 Å². The van der Waals surface area contributed by atoms with Crippen molar-refractivity contribution >= 4 is 44.4 Å². The molecule has 1 aromatic carbocycles. The van der Waals surface area contributed by atoms with E-state index in [0.29, 0.717) is 18.5 Å². The van der Waals surface area contributed by atoms with Crippen molar-refractivity contribution in [2.24, 2.45) is 11.3 Å². The molecule has 3 aliphatic rings. The predicted molar refractivity (Wildman–Crippen MR) is 145 cm³/mol. The fraction of sp³-hybridized carbons (Fsp3) is 0.519. The molecule has 2 aromatic heterocycles. The van der Waals surface area contributed by atoms with Crippen molar-refractivity contribution in [2.75, 3.05) is 29.5 Å².